The van der Waals surface area contributed by atoms with Crippen molar-refractivity contribution in [1.29, 1.82) is 0 Å². The molecule has 0 bridgehead atoms. The fourth-order valence-corrected chi connectivity index (χ4v) is 6.35. The summed E-state index contributed by atoms with van der Waals surface area (Å²) in [5, 5.41) is 2.33. The Balaban J connectivity index is 1.69. The van der Waals surface area contributed by atoms with Gasteiger partial charge in [0.05, 0.1) is 12.5 Å². The van der Waals surface area contributed by atoms with Crippen molar-refractivity contribution in [3.8, 4) is 11.1 Å². The van der Waals surface area contributed by atoms with Gasteiger partial charge in [0, 0.05) is 23.2 Å². The highest BCUT2D eigenvalue weighted by atomic mass is 16.5. The summed E-state index contributed by atoms with van der Waals surface area (Å²) in [4.78, 5) is 26.1. The minimum Gasteiger partial charge on any atom is -0.469 e. The summed E-state index contributed by atoms with van der Waals surface area (Å²) in [5.41, 5.74) is 9.85. The zero-order chi connectivity index (χ0) is 22.7. The van der Waals surface area contributed by atoms with Crippen molar-refractivity contribution in [2.45, 2.75) is 44.9 Å². The Labute approximate surface area is 188 Å². The lowest BCUT2D eigenvalue weighted by Gasteiger charge is -2.53. The third-order valence-electron chi connectivity index (χ3n) is 8.14. The van der Waals surface area contributed by atoms with Crippen molar-refractivity contribution >= 4 is 28.2 Å². The topological polar surface area (TPSA) is 69.4 Å². The van der Waals surface area contributed by atoms with Crippen LogP contribution < -0.4 is 5.73 Å². The van der Waals surface area contributed by atoms with Gasteiger partial charge in [-0.2, -0.15) is 0 Å². The maximum absolute atomic E-state index is 13.2. The largest absolute Gasteiger partial charge is 0.469 e. The molecule has 2 aliphatic carbocycles. The van der Waals surface area contributed by atoms with Crippen molar-refractivity contribution in [2.75, 3.05) is 12.8 Å². The minimum atomic E-state index is -0.667. The summed E-state index contributed by atoms with van der Waals surface area (Å²) in [6.07, 6.45) is 2.95. The van der Waals surface area contributed by atoms with Gasteiger partial charge in [0.2, 0.25) is 0 Å². The number of ketones is 1. The van der Waals surface area contributed by atoms with Crippen LogP contribution in [0.15, 0.2) is 54.6 Å². The number of benzene rings is 3. The van der Waals surface area contributed by atoms with Crippen LogP contribution >= 0.6 is 0 Å². The summed E-state index contributed by atoms with van der Waals surface area (Å²) >= 11 is 0. The van der Waals surface area contributed by atoms with E-state index in [1.165, 1.54) is 12.5 Å². The van der Waals surface area contributed by atoms with E-state index < -0.39 is 5.41 Å². The Kier molecular flexibility index (Phi) is 4.66. The van der Waals surface area contributed by atoms with Crippen molar-refractivity contribution in [1.82, 2.24) is 0 Å². The molecule has 0 heterocycles. The lowest BCUT2D eigenvalue weighted by Crippen LogP contribution is -2.53. The number of hydrogen-bond donors (Lipinski definition) is 1. The second-order valence-electron chi connectivity index (χ2n) is 9.91. The number of hydrogen-bond acceptors (Lipinski definition) is 4. The Bertz CT molecular complexity index is 1260. The Morgan fingerprint density at radius 3 is 2.50 bits per heavy atom. The lowest BCUT2D eigenvalue weighted by molar-refractivity contribution is -0.160. The van der Waals surface area contributed by atoms with Crippen LogP contribution in [0.4, 0.5) is 5.69 Å². The number of carbonyl (C=O) groups is 2. The number of rotatable bonds is 2. The highest BCUT2D eigenvalue weighted by molar-refractivity contribution is 6.02. The fourth-order valence-electron chi connectivity index (χ4n) is 6.35. The van der Waals surface area contributed by atoms with Crippen LogP contribution in [0.5, 0.6) is 0 Å². The first-order chi connectivity index (χ1) is 15.3. The molecular formula is C28H29NO3. The molecule has 3 aromatic carbocycles. The monoisotopic (exact) mass is 427 g/mol. The van der Waals surface area contributed by atoms with E-state index >= 15 is 0 Å². The maximum Gasteiger partial charge on any atom is 0.311 e. The molecule has 4 nitrogen and oxygen atoms in total. The van der Waals surface area contributed by atoms with Gasteiger partial charge in [-0.15, -0.1) is 0 Å². The van der Waals surface area contributed by atoms with Crippen LogP contribution in [-0.4, -0.2) is 18.9 Å². The molecule has 0 aromatic heterocycles. The maximum atomic E-state index is 13.2. The molecule has 0 spiro atoms. The number of anilines is 1. The molecule has 5 rings (SSSR count). The number of methoxy groups -OCH3 is 1. The summed E-state index contributed by atoms with van der Waals surface area (Å²) in [7, 11) is 1.44. The molecular weight excluding hydrogens is 398 g/mol. The molecule has 32 heavy (non-hydrogen) atoms. The minimum absolute atomic E-state index is 0.0660. The van der Waals surface area contributed by atoms with Gasteiger partial charge in [-0.25, -0.2) is 0 Å². The van der Waals surface area contributed by atoms with E-state index in [2.05, 4.69) is 43.3 Å². The number of Topliss-reactive ketones (excluding diaryl/α,β-unsaturated/α-hetero) is 1. The molecule has 164 valence electrons. The van der Waals surface area contributed by atoms with Gasteiger partial charge < -0.3 is 10.5 Å². The number of ether oxygens (including phenoxy) is 1. The summed E-state index contributed by atoms with van der Waals surface area (Å²) < 4.78 is 5.19. The van der Waals surface area contributed by atoms with Crippen LogP contribution in [0.3, 0.4) is 0 Å². The number of fused-ring (bicyclic) bond motifs is 4. The van der Waals surface area contributed by atoms with Crippen molar-refractivity contribution in [3.05, 3.63) is 65.7 Å². The van der Waals surface area contributed by atoms with Crippen molar-refractivity contribution in [3.63, 3.8) is 0 Å². The average molecular weight is 428 g/mol. The SMILES string of the molecule is COC(=O)[C@]1(C)CCC[C@]2(C)c3cc(-c4ccc5ccccc5c4)c(N)cc3C(=O)CC12. The molecule has 1 fully saturated rings. The van der Waals surface area contributed by atoms with Crippen LogP contribution in [-0.2, 0) is 14.9 Å². The highest BCUT2D eigenvalue weighted by Crippen LogP contribution is 2.58. The summed E-state index contributed by atoms with van der Waals surface area (Å²) in [6, 6.07) is 18.6. The molecule has 0 amide bonds. The number of esters is 1. The third kappa shape index (κ3) is 2.89. The molecule has 0 saturated heterocycles. The molecule has 0 aliphatic heterocycles. The first-order valence-corrected chi connectivity index (χ1v) is 11.3. The van der Waals surface area contributed by atoms with E-state index in [-0.39, 0.29) is 23.1 Å². The van der Waals surface area contributed by atoms with Gasteiger partial charge >= 0.3 is 5.97 Å². The zero-order valence-corrected chi connectivity index (χ0v) is 18.9. The van der Waals surface area contributed by atoms with E-state index in [9.17, 15) is 9.59 Å². The predicted molar refractivity (Wildman–Crippen MR) is 128 cm³/mol. The van der Waals surface area contributed by atoms with Crippen molar-refractivity contribution in [2.24, 2.45) is 11.3 Å². The molecule has 3 aromatic rings. The summed E-state index contributed by atoms with van der Waals surface area (Å²) in [6.45, 7) is 4.18. The van der Waals surface area contributed by atoms with Crippen LogP contribution in [0, 0.1) is 11.3 Å². The Hall–Kier alpha value is -3.14. The van der Waals surface area contributed by atoms with Crippen LogP contribution in [0.1, 0.15) is 55.5 Å². The number of carbonyl (C=O) groups excluding carboxylic acids is 2. The number of nitrogen functional groups attached to an aromatic ring is 1. The van der Waals surface area contributed by atoms with Gasteiger partial charge in [-0.05, 0) is 71.2 Å². The van der Waals surface area contributed by atoms with Crippen molar-refractivity contribution < 1.29 is 14.3 Å². The molecule has 1 unspecified atom stereocenters. The fraction of sp³-hybridized carbons (Fsp3) is 0.357. The smallest absolute Gasteiger partial charge is 0.311 e. The first kappa shape index (κ1) is 20.7. The quantitative estimate of drug-likeness (QED) is 0.408. The first-order valence-electron chi connectivity index (χ1n) is 11.3. The van der Waals surface area contributed by atoms with Gasteiger partial charge in [0.15, 0.2) is 5.78 Å². The van der Waals surface area contributed by atoms with Gasteiger partial charge in [-0.3, -0.25) is 9.59 Å². The summed E-state index contributed by atoms with van der Waals surface area (Å²) in [5.74, 6) is -0.240. The van der Waals surface area contributed by atoms with E-state index in [1.54, 1.807) is 0 Å². The van der Waals surface area contributed by atoms with E-state index in [0.29, 0.717) is 17.7 Å². The normalized spacial score (nSPS) is 27.0. The zero-order valence-electron chi connectivity index (χ0n) is 18.9. The highest BCUT2D eigenvalue weighted by Gasteiger charge is 2.57. The molecule has 1 saturated carbocycles. The van der Waals surface area contributed by atoms with Gasteiger partial charge in [-0.1, -0.05) is 49.7 Å². The van der Waals surface area contributed by atoms with E-state index in [4.69, 9.17) is 10.5 Å². The Morgan fingerprint density at radius 2 is 1.75 bits per heavy atom. The molecule has 3 atom stereocenters. The molecule has 4 heteroatoms. The molecule has 0 radical (unpaired) electrons. The average Bonchev–Trinajstić information content (AvgIpc) is 2.79. The van der Waals surface area contributed by atoms with E-state index in [0.717, 1.165) is 41.3 Å². The van der Waals surface area contributed by atoms with Gasteiger partial charge in [0.25, 0.3) is 0 Å². The second kappa shape index (κ2) is 7.19. The number of nitrogens with two attached hydrogens (primary N) is 1. The molecule has 2 aliphatic rings. The van der Waals surface area contributed by atoms with Gasteiger partial charge in [0.1, 0.15) is 0 Å². The Morgan fingerprint density at radius 1 is 1.00 bits per heavy atom. The second-order valence-corrected chi connectivity index (χ2v) is 9.91. The van der Waals surface area contributed by atoms with Crippen LogP contribution in [0.2, 0.25) is 0 Å². The molecule has 2 N–H and O–H groups in total. The third-order valence-corrected chi connectivity index (χ3v) is 8.14. The predicted octanol–water partition coefficient (Wildman–Crippen LogP) is 5.91. The standard InChI is InChI=1S/C28H29NO3/c1-27-11-6-12-28(2,26(31)32-3)25(27)16-24(30)21-15-23(29)20(14-22(21)27)19-10-9-17-7-4-5-8-18(17)13-19/h4-5,7-10,13-15,25H,6,11-12,16,29H2,1-3H3/t25?,27-,28-/m1/s1. The van der Waals surface area contributed by atoms with E-state index in [1.807, 2.05) is 25.1 Å². The van der Waals surface area contributed by atoms with Crippen LogP contribution in [0.25, 0.3) is 21.9 Å². The lowest BCUT2D eigenvalue weighted by atomic mass is 9.49.